The summed E-state index contributed by atoms with van der Waals surface area (Å²) in [6.45, 7) is 7.13. The van der Waals surface area contributed by atoms with Crippen LogP contribution in [0.2, 0.25) is 0 Å². The largest absolute Gasteiger partial charge is 0.424 e. The predicted molar refractivity (Wildman–Crippen MR) is 124 cm³/mol. The normalized spacial score (nSPS) is 23.6. The van der Waals surface area contributed by atoms with Crippen molar-refractivity contribution in [1.29, 1.82) is 0 Å². The van der Waals surface area contributed by atoms with Gasteiger partial charge < -0.3 is 20.7 Å². The van der Waals surface area contributed by atoms with E-state index >= 15 is 0 Å². The van der Waals surface area contributed by atoms with E-state index < -0.39 is 5.54 Å². The van der Waals surface area contributed by atoms with E-state index in [4.69, 9.17) is 10.5 Å². The highest BCUT2D eigenvalue weighted by atomic mass is 16.5. The second kappa shape index (κ2) is 8.16. The second-order valence-corrected chi connectivity index (χ2v) is 8.54. The van der Waals surface area contributed by atoms with Gasteiger partial charge in [-0.3, -0.25) is 4.79 Å². The number of carbonyl (C=O) groups is 1. The molecule has 2 aliphatic rings. The highest BCUT2D eigenvalue weighted by Gasteiger charge is 2.52. The molecule has 3 atom stereocenters. The average Bonchev–Trinajstić information content (AvgIpc) is 3.44. The summed E-state index contributed by atoms with van der Waals surface area (Å²) < 4.78 is 5.75. The number of benzene rings is 1. The fourth-order valence-corrected chi connectivity index (χ4v) is 5.02. The van der Waals surface area contributed by atoms with Crippen molar-refractivity contribution < 1.29 is 9.53 Å². The molecule has 168 valence electrons. The maximum absolute atomic E-state index is 12.2. The van der Waals surface area contributed by atoms with Crippen molar-refractivity contribution in [2.75, 3.05) is 24.1 Å². The Bertz CT molecular complexity index is 1190. The molecule has 1 saturated heterocycles. The second-order valence-electron chi connectivity index (χ2n) is 8.54. The summed E-state index contributed by atoms with van der Waals surface area (Å²) in [5, 5.41) is 3.63. The van der Waals surface area contributed by atoms with E-state index in [0.717, 1.165) is 23.4 Å². The highest BCUT2D eigenvalue weighted by Crippen LogP contribution is 2.52. The Balaban J connectivity index is 1.49. The number of amides is 1. The van der Waals surface area contributed by atoms with E-state index in [1.807, 2.05) is 29.2 Å². The van der Waals surface area contributed by atoms with Crippen LogP contribution in [-0.2, 0) is 4.79 Å². The summed E-state index contributed by atoms with van der Waals surface area (Å²) in [5.41, 5.74) is 7.87. The third-order valence-corrected chi connectivity index (χ3v) is 6.68. The van der Waals surface area contributed by atoms with Crippen LogP contribution in [0.25, 0.3) is 0 Å². The third kappa shape index (κ3) is 3.65. The lowest BCUT2D eigenvalue weighted by Crippen LogP contribution is -2.46. The summed E-state index contributed by atoms with van der Waals surface area (Å²) in [5.74, 6) is 1.88. The molecule has 0 radical (unpaired) electrons. The summed E-state index contributed by atoms with van der Waals surface area (Å²) in [6.07, 6.45) is 6.98. The smallest absolute Gasteiger partial charge is 0.321 e. The molecule has 0 saturated carbocycles. The van der Waals surface area contributed by atoms with Crippen LogP contribution in [0.5, 0.6) is 11.8 Å². The monoisotopic (exact) mass is 443 g/mol. The lowest BCUT2D eigenvalue weighted by molar-refractivity contribution is -0.125. The van der Waals surface area contributed by atoms with Gasteiger partial charge in [-0.25, -0.2) is 19.9 Å². The number of fused-ring (bicyclic) bond motifs is 1. The van der Waals surface area contributed by atoms with Crippen LogP contribution in [0, 0.1) is 5.92 Å². The molecule has 9 heteroatoms. The number of likely N-dealkylation sites (tertiary alicyclic amines) is 1. The quantitative estimate of drug-likeness (QED) is 0.578. The fraction of sp³-hybridized carbons (Fsp3) is 0.292. The molecule has 3 N–H and O–H groups in total. The van der Waals surface area contributed by atoms with E-state index in [-0.39, 0.29) is 17.7 Å². The van der Waals surface area contributed by atoms with Gasteiger partial charge in [-0.1, -0.05) is 18.7 Å². The van der Waals surface area contributed by atoms with Crippen molar-refractivity contribution >= 4 is 17.5 Å². The molecule has 0 bridgehead atoms. The molecule has 1 amide bonds. The molecule has 1 aromatic carbocycles. The Kier molecular flexibility index (Phi) is 5.16. The van der Waals surface area contributed by atoms with Gasteiger partial charge >= 0.3 is 6.01 Å². The molecule has 2 aromatic heterocycles. The van der Waals surface area contributed by atoms with E-state index in [0.29, 0.717) is 30.7 Å². The minimum atomic E-state index is -0.409. The summed E-state index contributed by atoms with van der Waals surface area (Å²) in [7, 11) is 0. The minimum absolute atomic E-state index is 0.0444. The minimum Gasteiger partial charge on any atom is -0.424 e. The number of nitrogens with one attached hydrogen (secondary N) is 1. The van der Waals surface area contributed by atoms with Crippen molar-refractivity contribution in [3.8, 4) is 11.8 Å². The predicted octanol–water partition coefficient (Wildman–Crippen LogP) is 2.99. The number of ether oxygens (including phenoxy) is 1. The Morgan fingerprint density at radius 3 is 2.73 bits per heavy atom. The van der Waals surface area contributed by atoms with Crippen LogP contribution < -0.4 is 15.8 Å². The molecular formula is C24H25N7O2. The van der Waals surface area contributed by atoms with Gasteiger partial charge in [-0.05, 0) is 43.2 Å². The number of anilines is 2. The van der Waals surface area contributed by atoms with Gasteiger partial charge in [0.1, 0.15) is 23.7 Å². The van der Waals surface area contributed by atoms with Gasteiger partial charge in [0.05, 0.1) is 5.54 Å². The van der Waals surface area contributed by atoms with Crippen molar-refractivity contribution in [3.63, 3.8) is 0 Å². The molecule has 5 rings (SSSR count). The molecule has 9 nitrogen and oxygen atoms in total. The SMILES string of the molecule is C=CC(=O)N1CC[C@@H](C2(C)Nc3ncnc(N)c3C2c2ccc(Oc3ncccn3)cc2)C1. The van der Waals surface area contributed by atoms with Crippen LogP contribution in [0.15, 0.2) is 61.7 Å². The zero-order valence-corrected chi connectivity index (χ0v) is 18.3. The van der Waals surface area contributed by atoms with Gasteiger partial charge in [0.15, 0.2) is 0 Å². The zero-order valence-electron chi connectivity index (χ0n) is 18.3. The van der Waals surface area contributed by atoms with E-state index in [2.05, 4.69) is 38.8 Å². The molecule has 2 unspecified atom stereocenters. The zero-order chi connectivity index (χ0) is 23.0. The van der Waals surface area contributed by atoms with Crippen LogP contribution in [0.1, 0.15) is 30.4 Å². The van der Waals surface area contributed by atoms with E-state index in [9.17, 15) is 4.79 Å². The van der Waals surface area contributed by atoms with E-state index in [1.165, 1.54) is 12.4 Å². The number of nitrogens with two attached hydrogens (primary N) is 1. The molecule has 0 spiro atoms. The fourth-order valence-electron chi connectivity index (χ4n) is 5.02. The van der Waals surface area contributed by atoms with Crippen LogP contribution in [0.3, 0.4) is 0 Å². The number of carbonyl (C=O) groups excluding carboxylic acids is 1. The Hall–Kier alpha value is -4.01. The number of nitrogens with zero attached hydrogens (tertiary/aromatic N) is 5. The standard InChI is InChI=1S/C24H25N7O2/c1-3-18(32)31-12-9-16(13-31)24(2)20(19-21(25)28-14-29-22(19)30-24)15-5-7-17(8-6-15)33-23-26-10-4-11-27-23/h3-8,10-11,14,16,20H,1,9,12-13H2,2H3,(H3,25,28,29,30)/t16-,20?,24?/m1/s1. The maximum atomic E-state index is 12.2. The molecule has 1 fully saturated rings. The van der Waals surface area contributed by atoms with Gasteiger partial charge in [-0.2, -0.15) is 0 Å². The molecule has 4 heterocycles. The Labute approximate surface area is 191 Å². The number of aromatic nitrogens is 4. The molecule has 33 heavy (non-hydrogen) atoms. The summed E-state index contributed by atoms with van der Waals surface area (Å²) in [6, 6.07) is 9.86. The first kappa shape index (κ1) is 20.9. The number of hydrogen-bond donors (Lipinski definition) is 2. The number of rotatable bonds is 5. The molecule has 0 aliphatic carbocycles. The first-order valence-corrected chi connectivity index (χ1v) is 10.8. The molecule has 2 aliphatic heterocycles. The topological polar surface area (TPSA) is 119 Å². The Morgan fingerprint density at radius 2 is 2.00 bits per heavy atom. The third-order valence-electron chi connectivity index (χ3n) is 6.68. The van der Waals surface area contributed by atoms with Gasteiger partial charge in [0.2, 0.25) is 5.91 Å². The lowest BCUT2D eigenvalue weighted by atomic mass is 9.71. The molecular weight excluding hydrogens is 418 g/mol. The van der Waals surface area contributed by atoms with Crippen molar-refractivity contribution in [3.05, 3.63) is 72.8 Å². The highest BCUT2D eigenvalue weighted by molar-refractivity contribution is 5.87. The van der Waals surface area contributed by atoms with Crippen LogP contribution in [0.4, 0.5) is 11.6 Å². The van der Waals surface area contributed by atoms with Gasteiger partial charge in [0, 0.05) is 42.9 Å². The molecule has 3 aromatic rings. The van der Waals surface area contributed by atoms with Crippen LogP contribution >= 0.6 is 0 Å². The first-order valence-electron chi connectivity index (χ1n) is 10.8. The van der Waals surface area contributed by atoms with E-state index in [1.54, 1.807) is 18.5 Å². The van der Waals surface area contributed by atoms with Crippen molar-refractivity contribution in [2.24, 2.45) is 5.92 Å². The van der Waals surface area contributed by atoms with Crippen LogP contribution in [-0.4, -0.2) is 49.4 Å². The average molecular weight is 444 g/mol. The Morgan fingerprint density at radius 1 is 1.24 bits per heavy atom. The van der Waals surface area contributed by atoms with Gasteiger partial charge in [-0.15, -0.1) is 0 Å². The summed E-state index contributed by atoms with van der Waals surface area (Å²) in [4.78, 5) is 31.0. The van der Waals surface area contributed by atoms with Gasteiger partial charge in [0.25, 0.3) is 0 Å². The number of nitrogen functional groups attached to an aromatic ring is 1. The first-order chi connectivity index (χ1) is 16.0. The maximum Gasteiger partial charge on any atom is 0.321 e. The summed E-state index contributed by atoms with van der Waals surface area (Å²) >= 11 is 0. The van der Waals surface area contributed by atoms with Crippen molar-refractivity contribution in [2.45, 2.75) is 24.8 Å². The lowest BCUT2D eigenvalue weighted by Gasteiger charge is -2.38. The number of hydrogen-bond acceptors (Lipinski definition) is 8. The van der Waals surface area contributed by atoms with Crippen molar-refractivity contribution in [1.82, 2.24) is 24.8 Å².